The van der Waals surface area contributed by atoms with Gasteiger partial charge >= 0.3 is 0 Å². The van der Waals surface area contributed by atoms with Crippen molar-refractivity contribution < 1.29 is 0 Å². The minimum Gasteiger partial charge on any atom is -0.380 e. The molecule has 0 atom stereocenters. The highest BCUT2D eigenvalue weighted by molar-refractivity contribution is 6.33. The van der Waals surface area contributed by atoms with Gasteiger partial charge in [-0.25, -0.2) is 4.68 Å². The Kier molecular flexibility index (Phi) is 3.39. The molecule has 0 aliphatic rings. The molecule has 3 rings (SSSR count). The van der Waals surface area contributed by atoms with E-state index in [1.54, 1.807) is 11.0 Å². The summed E-state index contributed by atoms with van der Waals surface area (Å²) in [5.41, 5.74) is 2.90. The summed E-state index contributed by atoms with van der Waals surface area (Å²) < 4.78 is 3.60. The van der Waals surface area contributed by atoms with Gasteiger partial charge in [0.2, 0.25) is 0 Å². The zero-order valence-corrected chi connectivity index (χ0v) is 11.6. The van der Waals surface area contributed by atoms with Crippen molar-refractivity contribution >= 4 is 17.3 Å². The molecule has 0 fully saturated rings. The van der Waals surface area contributed by atoms with E-state index in [1.807, 2.05) is 36.0 Å². The predicted octanol–water partition coefficient (Wildman–Crippen LogP) is 2.27. The van der Waals surface area contributed by atoms with Crippen molar-refractivity contribution in [2.24, 2.45) is 7.05 Å². The molecule has 0 saturated carbocycles. The van der Waals surface area contributed by atoms with Crippen molar-refractivity contribution in [3.63, 3.8) is 0 Å². The lowest BCUT2D eigenvalue weighted by Gasteiger charge is -2.09. The van der Waals surface area contributed by atoms with Crippen molar-refractivity contribution in [1.29, 1.82) is 0 Å². The van der Waals surface area contributed by atoms with Crippen LogP contribution in [0.25, 0.3) is 5.69 Å². The molecule has 3 aromatic rings. The fourth-order valence-electron chi connectivity index (χ4n) is 1.93. The van der Waals surface area contributed by atoms with Crippen LogP contribution in [0.2, 0.25) is 5.02 Å². The summed E-state index contributed by atoms with van der Waals surface area (Å²) in [5, 5.41) is 15.1. The molecule has 0 bridgehead atoms. The van der Waals surface area contributed by atoms with Crippen LogP contribution in [-0.4, -0.2) is 24.8 Å². The molecule has 0 aliphatic heterocycles. The summed E-state index contributed by atoms with van der Waals surface area (Å²) in [6.45, 7) is 0.708. The number of rotatable bonds is 4. The highest BCUT2D eigenvalue weighted by Gasteiger charge is 2.05. The van der Waals surface area contributed by atoms with Crippen LogP contribution in [0.1, 0.15) is 5.56 Å². The first-order valence-electron chi connectivity index (χ1n) is 6.10. The lowest BCUT2D eigenvalue weighted by Crippen LogP contribution is -2.01. The number of hydrogen-bond donors (Lipinski definition) is 1. The number of benzene rings is 1. The highest BCUT2D eigenvalue weighted by atomic mass is 35.5. The second-order valence-electron chi connectivity index (χ2n) is 4.46. The van der Waals surface area contributed by atoms with E-state index in [4.69, 9.17) is 11.6 Å². The van der Waals surface area contributed by atoms with Gasteiger partial charge in [-0.2, -0.15) is 0 Å². The molecule has 0 radical (unpaired) electrons. The van der Waals surface area contributed by atoms with Crippen LogP contribution in [0.3, 0.4) is 0 Å². The van der Waals surface area contributed by atoms with Gasteiger partial charge in [0.15, 0.2) is 0 Å². The first kappa shape index (κ1) is 12.7. The Morgan fingerprint density at radius 2 is 2.20 bits per heavy atom. The lowest BCUT2D eigenvalue weighted by molar-refractivity contribution is 0.789. The van der Waals surface area contributed by atoms with Crippen molar-refractivity contribution in [1.82, 2.24) is 24.8 Å². The minimum atomic E-state index is 0.665. The summed E-state index contributed by atoms with van der Waals surface area (Å²) in [5.74, 6) is 0. The quantitative estimate of drug-likeness (QED) is 0.800. The van der Waals surface area contributed by atoms with Gasteiger partial charge in [-0.1, -0.05) is 11.6 Å². The number of aryl methyl sites for hydroxylation is 1. The van der Waals surface area contributed by atoms with Crippen LogP contribution in [0.4, 0.5) is 5.69 Å². The molecule has 0 aliphatic carbocycles. The Bertz CT molecular complexity index is 703. The SMILES string of the molecule is Cn1ccc(CNc2cc(-n3cnnn3)ccc2Cl)c1. The molecule has 2 aromatic heterocycles. The Labute approximate surface area is 121 Å². The standard InChI is InChI=1S/C13H13ClN6/c1-19-5-4-10(8-19)7-15-13-6-11(2-3-12(13)14)20-9-16-17-18-20/h2-6,8-9,15H,7H2,1H3. The minimum absolute atomic E-state index is 0.665. The fraction of sp³-hybridized carbons (Fsp3) is 0.154. The van der Waals surface area contributed by atoms with Crippen molar-refractivity contribution in [3.05, 3.63) is 53.6 Å². The second kappa shape index (κ2) is 5.34. The van der Waals surface area contributed by atoms with Crippen LogP contribution >= 0.6 is 11.6 Å². The monoisotopic (exact) mass is 288 g/mol. The number of halogens is 1. The van der Waals surface area contributed by atoms with Gasteiger partial charge in [0.25, 0.3) is 0 Å². The maximum atomic E-state index is 6.20. The molecule has 6 nitrogen and oxygen atoms in total. The number of aromatic nitrogens is 5. The molecular formula is C13H13ClN6. The molecule has 0 saturated heterocycles. The van der Waals surface area contributed by atoms with Gasteiger partial charge in [0.05, 0.1) is 16.4 Å². The average molecular weight is 289 g/mol. The number of tetrazole rings is 1. The van der Waals surface area contributed by atoms with Gasteiger partial charge in [-0.3, -0.25) is 0 Å². The van der Waals surface area contributed by atoms with Crippen LogP contribution in [0.5, 0.6) is 0 Å². The largest absolute Gasteiger partial charge is 0.380 e. The first-order valence-corrected chi connectivity index (χ1v) is 6.48. The normalized spacial score (nSPS) is 10.7. The topological polar surface area (TPSA) is 60.6 Å². The zero-order valence-electron chi connectivity index (χ0n) is 10.9. The Morgan fingerprint density at radius 1 is 1.30 bits per heavy atom. The van der Waals surface area contributed by atoms with E-state index in [1.165, 1.54) is 5.56 Å². The first-order chi connectivity index (χ1) is 9.72. The summed E-state index contributed by atoms with van der Waals surface area (Å²) >= 11 is 6.20. The van der Waals surface area contributed by atoms with E-state index in [9.17, 15) is 0 Å². The third-order valence-electron chi connectivity index (χ3n) is 2.94. The van der Waals surface area contributed by atoms with Crippen molar-refractivity contribution in [2.75, 3.05) is 5.32 Å². The molecule has 7 heteroatoms. The Morgan fingerprint density at radius 3 is 2.90 bits per heavy atom. The maximum absolute atomic E-state index is 6.20. The lowest BCUT2D eigenvalue weighted by atomic mass is 10.2. The molecule has 102 valence electrons. The fourth-order valence-corrected chi connectivity index (χ4v) is 2.12. The molecule has 1 aromatic carbocycles. The smallest absolute Gasteiger partial charge is 0.143 e. The predicted molar refractivity (Wildman–Crippen MR) is 76.9 cm³/mol. The summed E-state index contributed by atoms with van der Waals surface area (Å²) in [4.78, 5) is 0. The number of hydrogen-bond acceptors (Lipinski definition) is 4. The van der Waals surface area contributed by atoms with E-state index in [0.717, 1.165) is 11.4 Å². The zero-order chi connectivity index (χ0) is 13.9. The number of nitrogens with zero attached hydrogens (tertiary/aromatic N) is 5. The number of anilines is 1. The average Bonchev–Trinajstić information content (AvgIpc) is 3.09. The maximum Gasteiger partial charge on any atom is 0.143 e. The van der Waals surface area contributed by atoms with E-state index in [0.29, 0.717) is 11.6 Å². The Balaban J connectivity index is 1.80. The third-order valence-corrected chi connectivity index (χ3v) is 3.27. The molecular weight excluding hydrogens is 276 g/mol. The molecule has 20 heavy (non-hydrogen) atoms. The van der Waals surface area contributed by atoms with Gasteiger partial charge < -0.3 is 9.88 Å². The van der Waals surface area contributed by atoms with E-state index < -0.39 is 0 Å². The molecule has 0 unspecified atom stereocenters. The van der Waals surface area contributed by atoms with Gasteiger partial charge in [-0.05, 0) is 40.3 Å². The van der Waals surface area contributed by atoms with E-state index >= 15 is 0 Å². The molecule has 0 spiro atoms. The summed E-state index contributed by atoms with van der Waals surface area (Å²) in [7, 11) is 1.99. The third kappa shape index (κ3) is 2.65. The summed E-state index contributed by atoms with van der Waals surface area (Å²) in [6, 6.07) is 7.67. The van der Waals surface area contributed by atoms with Gasteiger partial charge in [0, 0.05) is 26.0 Å². The van der Waals surface area contributed by atoms with Crippen LogP contribution in [0, 0.1) is 0 Å². The van der Waals surface area contributed by atoms with Gasteiger partial charge in [-0.15, -0.1) is 5.10 Å². The van der Waals surface area contributed by atoms with Crippen molar-refractivity contribution in [3.8, 4) is 5.69 Å². The van der Waals surface area contributed by atoms with Crippen LogP contribution < -0.4 is 5.32 Å². The second-order valence-corrected chi connectivity index (χ2v) is 4.86. The van der Waals surface area contributed by atoms with Crippen LogP contribution in [-0.2, 0) is 13.6 Å². The molecule has 0 amide bonds. The van der Waals surface area contributed by atoms with E-state index in [2.05, 4.69) is 33.1 Å². The number of nitrogens with one attached hydrogen (secondary N) is 1. The molecule has 2 heterocycles. The summed E-state index contributed by atoms with van der Waals surface area (Å²) in [6.07, 6.45) is 5.62. The highest BCUT2D eigenvalue weighted by Crippen LogP contribution is 2.25. The Hall–Kier alpha value is -2.34. The van der Waals surface area contributed by atoms with Crippen LogP contribution in [0.15, 0.2) is 43.0 Å². The van der Waals surface area contributed by atoms with E-state index in [-0.39, 0.29) is 0 Å². The van der Waals surface area contributed by atoms with Crippen molar-refractivity contribution in [2.45, 2.75) is 6.54 Å². The molecule has 1 N–H and O–H groups in total. The van der Waals surface area contributed by atoms with Gasteiger partial charge in [0.1, 0.15) is 6.33 Å².